The highest BCUT2D eigenvalue weighted by molar-refractivity contribution is 5.77. The van der Waals surface area contributed by atoms with E-state index in [1.165, 1.54) is 25.5 Å². The summed E-state index contributed by atoms with van der Waals surface area (Å²) < 4.78 is 51.5. The van der Waals surface area contributed by atoms with Gasteiger partial charge in [0.25, 0.3) is 5.72 Å². The van der Waals surface area contributed by atoms with E-state index in [-0.39, 0.29) is 18.1 Å². The Morgan fingerprint density at radius 3 is 2.92 bits per heavy atom. The standard InChI is InChI=1S/C13H13F3N4O4/c1-2-24-10(21)8-9(7-3-4-23-5-7)20-11(17-6-18-20)19-12(8,22)13(14,15)16/h3-6,8-9,22H,2H2,1H3,(H,17,18,19)/t8-,9-,12+/m0/s1. The van der Waals surface area contributed by atoms with Gasteiger partial charge in [0, 0.05) is 5.56 Å². The van der Waals surface area contributed by atoms with Crippen LogP contribution in [-0.4, -0.2) is 44.3 Å². The van der Waals surface area contributed by atoms with Crippen LogP contribution in [0.2, 0.25) is 0 Å². The maximum absolute atomic E-state index is 13.6. The molecule has 0 amide bonds. The Balaban J connectivity index is 2.21. The number of aliphatic hydroxyl groups is 1. The van der Waals surface area contributed by atoms with Gasteiger partial charge in [0.2, 0.25) is 5.95 Å². The first-order valence-electron chi connectivity index (χ1n) is 6.95. The van der Waals surface area contributed by atoms with Gasteiger partial charge in [-0.15, -0.1) is 0 Å². The second-order valence-corrected chi connectivity index (χ2v) is 5.15. The number of ether oxygens (including phenoxy) is 1. The Labute approximate surface area is 133 Å². The smallest absolute Gasteiger partial charge is 0.437 e. The van der Waals surface area contributed by atoms with Crippen molar-refractivity contribution in [3.63, 3.8) is 0 Å². The van der Waals surface area contributed by atoms with Gasteiger partial charge < -0.3 is 19.6 Å². The lowest BCUT2D eigenvalue weighted by Gasteiger charge is -2.43. The Kier molecular flexibility index (Phi) is 3.74. The predicted molar refractivity (Wildman–Crippen MR) is 71.6 cm³/mol. The minimum absolute atomic E-state index is 0.147. The summed E-state index contributed by atoms with van der Waals surface area (Å²) in [5.41, 5.74) is -3.37. The van der Waals surface area contributed by atoms with Crippen LogP contribution in [0, 0.1) is 5.92 Å². The van der Waals surface area contributed by atoms with Crippen molar-refractivity contribution in [3.05, 3.63) is 30.5 Å². The molecule has 24 heavy (non-hydrogen) atoms. The number of hydrogen-bond acceptors (Lipinski definition) is 7. The number of hydrogen-bond donors (Lipinski definition) is 2. The quantitative estimate of drug-likeness (QED) is 0.808. The van der Waals surface area contributed by atoms with Gasteiger partial charge in [-0.05, 0) is 13.0 Å². The Morgan fingerprint density at radius 2 is 2.33 bits per heavy atom. The lowest BCUT2D eigenvalue weighted by atomic mass is 9.83. The third kappa shape index (κ3) is 2.31. The summed E-state index contributed by atoms with van der Waals surface area (Å²) in [6.45, 7) is 1.31. The molecule has 3 atom stereocenters. The summed E-state index contributed by atoms with van der Waals surface area (Å²) in [4.78, 5) is 15.9. The van der Waals surface area contributed by atoms with E-state index < -0.39 is 29.8 Å². The highest BCUT2D eigenvalue weighted by Gasteiger charge is 2.67. The summed E-state index contributed by atoms with van der Waals surface area (Å²) in [6.07, 6.45) is -1.75. The summed E-state index contributed by atoms with van der Waals surface area (Å²) in [5.74, 6) is -3.61. The molecule has 1 aliphatic rings. The fourth-order valence-corrected chi connectivity index (χ4v) is 2.72. The van der Waals surface area contributed by atoms with Crippen LogP contribution < -0.4 is 5.32 Å². The first-order valence-corrected chi connectivity index (χ1v) is 6.95. The van der Waals surface area contributed by atoms with Crippen molar-refractivity contribution in [3.8, 4) is 0 Å². The highest BCUT2D eigenvalue weighted by atomic mass is 19.4. The molecule has 2 N–H and O–H groups in total. The molecule has 0 aromatic carbocycles. The molecule has 0 radical (unpaired) electrons. The molecule has 3 rings (SSSR count). The predicted octanol–water partition coefficient (Wildman–Crippen LogP) is 1.32. The molecule has 1 aliphatic heterocycles. The molecule has 0 unspecified atom stereocenters. The number of furan rings is 1. The van der Waals surface area contributed by atoms with Crippen molar-refractivity contribution in [2.24, 2.45) is 5.92 Å². The minimum Gasteiger partial charge on any atom is -0.472 e. The number of carbonyl (C=O) groups excluding carboxylic acids is 1. The SMILES string of the molecule is CCOC(=O)[C@@H]1[C@H](c2ccoc2)n2ncnc2N[C@]1(O)C(F)(F)F. The molecule has 0 saturated carbocycles. The van der Waals surface area contributed by atoms with Crippen LogP contribution in [0.4, 0.5) is 19.1 Å². The lowest BCUT2D eigenvalue weighted by molar-refractivity contribution is -0.274. The number of anilines is 1. The number of esters is 1. The number of nitrogens with zero attached hydrogens (tertiary/aromatic N) is 3. The molecule has 3 heterocycles. The molecule has 2 aromatic heterocycles. The van der Waals surface area contributed by atoms with Gasteiger partial charge in [-0.25, -0.2) is 4.68 Å². The first kappa shape index (κ1) is 16.3. The molecule has 0 spiro atoms. The molecular formula is C13H13F3N4O4. The molecule has 2 aromatic rings. The lowest BCUT2D eigenvalue weighted by Crippen LogP contribution is -2.64. The van der Waals surface area contributed by atoms with Crippen molar-refractivity contribution in [2.75, 3.05) is 11.9 Å². The molecule has 0 bridgehead atoms. The molecule has 130 valence electrons. The van der Waals surface area contributed by atoms with E-state index in [1.807, 2.05) is 5.32 Å². The van der Waals surface area contributed by atoms with Gasteiger partial charge in [-0.1, -0.05) is 0 Å². The summed E-state index contributed by atoms with van der Waals surface area (Å²) in [7, 11) is 0. The van der Waals surface area contributed by atoms with Crippen LogP contribution in [0.15, 0.2) is 29.3 Å². The molecule has 11 heteroatoms. The Hall–Kier alpha value is -2.56. The van der Waals surface area contributed by atoms with E-state index in [2.05, 4.69) is 10.1 Å². The molecular weight excluding hydrogens is 333 g/mol. The van der Waals surface area contributed by atoms with Gasteiger partial charge in [0.05, 0.1) is 19.1 Å². The van der Waals surface area contributed by atoms with Gasteiger partial charge in [0.15, 0.2) is 0 Å². The zero-order valence-electron chi connectivity index (χ0n) is 12.3. The Morgan fingerprint density at radius 1 is 1.58 bits per heavy atom. The van der Waals surface area contributed by atoms with E-state index in [4.69, 9.17) is 9.15 Å². The molecule has 8 nitrogen and oxygen atoms in total. The zero-order chi connectivity index (χ0) is 17.5. The second kappa shape index (κ2) is 5.51. The number of carbonyl (C=O) groups is 1. The number of nitrogens with one attached hydrogen (secondary N) is 1. The fraction of sp³-hybridized carbons (Fsp3) is 0.462. The van der Waals surface area contributed by atoms with E-state index in [9.17, 15) is 23.1 Å². The average Bonchev–Trinajstić information content (AvgIpc) is 3.15. The van der Waals surface area contributed by atoms with Crippen LogP contribution in [0.3, 0.4) is 0 Å². The second-order valence-electron chi connectivity index (χ2n) is 5.15. The van der Waals surface area contributed by atoms with Crippen molar-refractivity contribution in [1.82, 2.24) is 14.8 Å². The van der Waals surface area contributed by atoms with E-state index in [0.717, 1.165) is 11.0 Å². The van der Waals surface area contributed by atoms with Crippen LogP contribution in [0.25, 0.3) is 0 Å². The highest BCUT2D eigenvalue weighted by Crippen LogP contribution is 2.47. The number of halogens is 3. The average molecular weight is 346 g/mol. The largest absolute Gasteiger partial charge is 0.472 e. The number of aromatic nitrogens is 3. The van der Waals surface area contributed by atoms with Gasteiger partial charge in [-0.3, -0.25) is 4.79 Å². The molecule has 0 fully saturated rings. The molecule has 0 saturated heterocycles. The maximum atomic E-state index is 13.6. The van der Waals surface area contributed by atoms with Gasteiger partial charge in [0.1, 0.15) is 18.3 Å². The van der Waals surface area contributed by atoms with Crippen LogP contribution in [0.5, 0.6) is 0 Å². The number of alkyl halides is 3. The number of fused-ring (bicyclic) bond motifs is 1. The van der Waals surface area contributed by atoms with Crippen molar-refractivity contribution in [1.29, 1.82) is 0 Å². The monoisotopic (exact) mass is 346 g/mol. The van der Waals surface area contributed by atoms with E-state index >= 15 is 0 Å². The number of rotatable bonds is 3. The third-order valence-electron chi connectivity index (χ3n) is 3.76. The van der Waals surface area contributed by atoms with Crippen molar-refractivity contribution in [2.45, 2.75) is 24.9 Å². The Bertz CT molecular complexity index is 730. The van der Waals surface area contributed by atoms with Crippen LogP contribution in [0.1, 0.15) is 18.5 Å². The minimum atomic E-state index is -5.18. The topological polar surface area (TPSA) is 102 Å². The zero-order valence-corrected chi connectivity index (χ0v) is 12.3. The normalized spacial score (nSPS) is 26.5. The van der Waals surface area contributed by atoms with Crippen LogP contribution >= 0.6 is 0 Å². The van der Waals surface area contributed by atoms with Crippen LogP contribution in [-0.2, 0) is 9.53 Å². The maximum Gasteiger partial charge on any atom is 0.437 e. The summed E-state index contributed by atoms with van der Waals surface area (Å²) in [6, 6.07) is 0.0676. The van der Waals surface area contributed by atoms with Gasteiger partial charge >= 0.3 is 12.1 Å². The van der Waals surface area contributed by atoms with Crippen molar-refractivity contribution >= 4 is 11.9 Å². The fourth-order valence-electron chi connectivity index (χ4n) is 2.72. The molecule has 0 aliphatic carbocycles. The first-order chi connectivity index (χ1) is 11.3. The summed E-state index contributed by atoms with van der Waals surface area (Å²) >= 11 is 0. The van der Waals surface area contributed by atoms with E-state index in [0.29, 0.717) is 0 Å². The van der Waals surface area contributed by atoms with Crippen molar-refractivity contribution < 1.29 is 32.2 Å². The summed E-state index contributed by atoms with van der Waals surface area (Å²) in [5, 5.41) is 16.1. The van der Waals surface area contributed by atoms with Gasteiger partial charge in [-0.2, -0.15) is 23.3 Å². The third-order valence-corrected chi connectivity index (χ3v) is 3.76. The van der Waals surface area contributed by atoms with E-state index in [1.54, 1.807) is 0 Å².